The Bertz CT molecular complexity index is 874. The zero-order chi connectivity index (χ0) is 21.8. The van der Waals surface area contributed by atoms with E-state index in [-0.39, 0.29) is 23.3 Å². The van der Waals surface area contributed by atoms with Crippen LogP contribution in [0.15, 0.2) is 46.0 Å². The van der Waals surface area contributed by atoms with Gasteiger partial charge in [0, 0.05) is 15.6 Å². The number of benzene rings is 2. The third kappa shape index (κ3) is 6.60. The van der Waals surface area contributed by atoms with Crippen molar-refractivity contribution in [1.82, 2.24) is 5.43 Å². The van der Waals surface area contributed by atoms with Crippen LogP contribution in [-0.4, -0.2) is 23.8 Å². The van der Waals surface area contributed by atoms with Crippen LogP contribution >= 0.6 is 15.9 Å². The van der Waals surface area contributed by atoms with E-state index in [1.54, 1.807) is 18.3 Å². The number of aromatic hydroxyl groups is 1. The summed E-state index contributed by atoms with van der Waals surface area (Å²) in [6.07, 6.45) is 1.58. The van der Waals surface area contributed by atoms with Gasteiger partial charge in [-0.25, -0.2) is 5.43 Å². The molecule has 0 atom stereocenters. The minimum Gasteiger partial charge on any atom is -0.507 e. The summed E-state index contributed by atoms with van der Waals surface area (Å²) < 4.78 is 6.33. The fraction of sp³-hybridized carbons (Fsp3) is 0.391. The van der Waals surface area contributed by atoms with Gasteiger partial charge in [-0.3, -0.25) is 4.79 Å². The largest absolute Gasteiger partial charge is 0.507 e. The van der Waals surface area contributed by atoms with E-state index in [2.05, 4.69) is 68.0 Å². The molecule has 29 heavy (non-hydrogen) atoms. The third-order valence-corrected chi connectivity index (χ3v) is 4.81. The summed E-state index contributed by atoms with van der Waals surface area (Å²) in [6, 6.07) is 11.1. The summed E-state index contributed by atoms with van der Waals surface area (Å²) in [6.45, 7) is 12.2. The number of halogens is 1. The van der Waals surface area contributed by atoms with Crippen molar-refractivity contribution >= 4 is 28.1 Å². The Kier molecular flexibility index (Phi) is 7.11. The van der Waals surface area contributed by atoms with Gasteiger partial charge in [-0.2, -0.15) is 5.10 Å². The molecule has 0 saturated carbocycles. The van der Waals surface area contributed by atoms with Crippen LogP contribution in [0.5, 0.6) is 11.5 Å². The number of nitrogens with zero attached hydrogens (tertiary/aromatic N) is 1. The molecule has 0 fully saturated rings. The second-order valence-corrected chi connectivity index (χ2v) is 9.92. The van der Waals surface area contributed by atoms with Crippen LogP contribution in [0.4, 0.5) is 0 Å². The zero-order valence-corrected chi connectivity index (χ0v) is 19.4. The number of nitrogens with one attached hydrogen (secondary N) is 1. The second-order valence-electron chi connectivity index (χ2n) is 9.00. The predicted octanol–water partition coefficient (Wildman–Crippen LogP) is 5.28. The Morgan fingerprint density at radius 3 is 2.21 bits per heavy atom. The van der Waals surface area contributed by atoms with E-state index in [9.17, 15) is 9.90 Å². The topological polar surface area (TPSA) is 70.9 Å². The van der Waals surface area contributed by atoms with Crippen molar-refractivity contribution in [3.8, 4) is 11.5 Å². The molecule has 2 aromatic rings. The lowest BCUT2D eigenvalue weighted by atomic mass is 9.78. The van der Waals surface area contributed by atoms with Crippen LogP contribution in [0.3, 0.4) is 0 Å². The summed E-state index contributed by atoms with van der Waals surface area (Å²) in [5.74, 6) is 0.558. The van der Waals surface area contributed by atoms with Crippen LogP contribution < -0.4 is 10.2 Å². The molecule has 0 unspecified atom stereocenters. The van der Waals surface area contributed by atoms with E-state index < -0.39 is 0 Å². The highest BCUT2D eigenvalue weighted by molar-refractivity contribution is 9.10. The van der Waals surface area contributed by atoms with Crippen molar-refractivity contribution in [2.24, 2.45) is 5.10 Å². The Labute approximate surface area is 181 Å². The Morgan fingerprint density at radius 1 is 1.10 bits per heavy atom. The van der Waals surface area contributed by atoms with Crippen LogP contribution in [0.25, 0.3) is 0 Å². The number of ether oxygens (including phenoxy) is 1. The van der Waals surface area contributed by atoms with Gasteiger partial charge in [-0.05, 0) is 46.7 Å². The first-order valence-corrected chi connectivity index (χ1v) is 10.3. The second kappa shape index (κ2) is 8.99. The van der Waals surface area contributed by atoms with Crippen molar-refractivity contribution in [1.29, 1.82) is 0 Å². The van der Waals surface area contributed by atoms with Gasteiger partial charge in [-0.15, -0.1) is 0 Å². The number of phenolic OH excluding ortho intramolecular Hbond substituents is 1. The van der Waals surface area contributed by atoms with Crippen LogP contribution in [-0.2, 0) is 15.6 Å². The number of amides is 1. The fourth-order valence-electron chi connectivity index (χ4n) is 2.79. The predicted molar refractivity (Wildman–Crippen MR) is 121 cm³/mol. The number of carbonyl (C=O) groups excluding carboxylic acids is 1. The average molecular weight is 461 g/mol. The highest BCUT2D eigenvalue weighted by Crippen LogP contribution is 2.39. The van der Waals surface area contributed by atoms with E-state index in [4.69, 9.17) is 4.74 Å². The summed E-state index contributed by atoms with van der Waals surface area (Å²) in [7, 11) is 0. The monoisotopic (exact) mass is 460 g/mol. The molecule has 0 bridgehead atoms. The van der Waals surface area contributed by atoms with Gasteiger partial charge < -0.3 is 9.84 Å². The van der Waals surface area contributed by atoms with Gasteiger partial charge >= 0.3 is 0 Å². The molecule has 156 valence electrons. The molecule has 1 amide bonds. The van der Waals surface area contributed by atoms with Crippen molar-refractivity contribution in [3.05, 3.63) is 57.6 Å². The van der Waals surface area contributed by atoms with Gasteiger partial charge in [-0.1, -0.05) is 63.5 Å². The van der Waals surface area contributed by atoms with E-state index in [0.29, 0.717) is 11.5 Å². The summed E-state index contributed by atoms with van der Waals surface area (Å²) in [5.41, 5.74) is 4.52. The smallest absolute Gasteiger partial charge is 0.277 e. The first kappa shape index (κ1) is 22.9. The summed E-state index contributed by atoms with van der Waals surface area (Å²) in [4.78, 5) is 12.0. The molecule has 0 aliphatic rings. The first-order valence-electron chi connectivity index (χ1n) is 9.46. The van der Waals surface area contributed by atoms with E-state index in [0.717, 1.165) is 21.2 Å². The lowest BCUT2D eigenvalue weighted by molar-refractivity contribution is -0.123. The van der Waals surface area contributed by atoms with Crippen LogP contribution in [0, 0.1) is 0 Å². The lowest BCUT2D eigenvalue weighted by Gasteiger charge is -2.27. The van der Waals surface area contributed by atoms with Crippen molar-refractivity contribution in [3.63, 3.8) is 0 Å². The standard InChI is InChI=1S/C23H29BrN2O3/c1-22(2,3)18-10-15(11-19(21(18)28)23(4,5)6)13-25-26-20(27)14-29-17-9-7-8-16(24)12-17/h7-13,28H,14H2,1-6H3,(H,26,27)/b25-13+. The quantitative estimate of drug-likeness (QED) is 0.470. The molecule has 0 aliphatic carbocycles. The fourth-order valence-corrected chi connectivity index (χ4v) is 3.17. The molecule has 6 heteroatoms. The molecule has 2 N–H and O–H groups in total. The third-order valence-electron chi connectivity index (χ3n) is 4.32. The molecule has 0 radical (unpaired) electrons. The number of carbonyl (C=O) groups is 1. The summed E-state index contributed by atoms with van der Waals surface area (Å²) >= 11 is 3.36. The number of phenols is 1. The summed E-state index contributed by atoms with van der Waals surface area (Å²) in [5, 5.41) is 14.8. The van der Waals surface area contributed by atoms with Gasteiger partial charge in [0.1, 0.15) is 11.5 Å². The zero-order valence-electron chi connectivity index (χ0n) is 17.8. The minimum atomic E-state index is -0.355. The van der Waals surface area contributed by atoms with Gasteiger partial charge in [0.15, 0.2) is 6.61 Å². The normalized spacial score (nSPS) is 12.2. The van der Waals surface area contributed by atoms with E-state index in [1.165, 1.54) is 0 Å². The van der Waals surface area contributed by atoms with Gasteiger partial charge in [0.05, 0.1) is 6.21 Å². The number of rotatable bonds is 5. The molecular weight excluding hydrogens is 432 g/mol. The first-order chi connectivity index (χ1) is 13.4. The Balaban J connectivity index is 2.12. The Morgan fingerprint density at radius 2 is 1.69 bits per heavy atom. The SMILES string of the molecule is CC(C)(C)c1cc(/C=N/NC(=O)COc2cccc(Br)c2)cc(C(C)(C)C)c1O. The number of hydrazone groups is 1. The minimum absolute atomic E-state index is 0.135. The number of hydrogen-bond acceptors (Lipinski definition) is 4. The molecule has 0 spiro atoms. The maximum absolute atomic E-state index is 12.0. The maximum Gasteiger partial charge on any atom is 0.277 e. The lowest BCUT2D eigenvalue weighted by Crippen LogP contribution is -2.24. The molecule has 5 nitrogen and oxygen atoms in total. The molecule has 2 rings (SSSR count). The molecular formula is C23H29BrN2O3. The average Bonchev–Trinajstić information content (AvgIpc) is 2.59. The highest BCUT2D eigenvalue weighted by Gasteiger charge is 2.26. The van der Waals surface area contributed by atoms with E-state index >= 15 is 0 Å². The van der Waals surface area contributed by atoms with Crippen LogP contribution in [0.2, 0.25) is 0 Å². The van der Waals surface area contributed by atoms with Gasteiger partial charge in [0.2, 0.25) is 0 Å². The molecule has 2 aromatic carbocycles. The van der Waals surface area contributed by atoms with Crippen molar-refractivity contribution in [2.45, 2.75) is 52.4 Å². The van der Waals surface area contributed by atoms with Gasteiger partial charge in [0.25, 0.3) is 5.91 Å². The highest BCUT2D eigenvalue weighted by atomic mass is 79.9. The van der Waals surface area contributed by atoms with Crippen molar-refractivity contribution < 1.29 is 14.6 Å². The molecule has 0 heterocycles. The molecule has 0 saturated heterocycles. The molecule has 0 aromatic heterocycles. The van der Waals surface area contributed by atoms with Crippen molar-refractivity contribution in [2.75, 3.05) is 6.61 Å². The van der Waals surface area contributed by atoms with Crippen LogP contribution in [0.1, 0.15) is 58.2 Å². The Hall–Kier alpha value is -2.34. The molecule has 0 aliphatic heterocycles. The van der Waals surface area contributed by atoms with E-state index in [1.807, 2.05) is 24.3 Å². The maximum atomic E-state index is 12.0. The number of hydrogen-bond donors (Lipinski definition) is 2.